The van der Waals surface area contributed by atoms with Crippen molar-refractivity contribution in [3.8, 4) is 0 Å². The molecule has 3 rings (SSSR count). The molecule has 0 atom stereocenters. The van der Waals surface area contributed by atoms with Crippen LogP contribution in [0.3, 0.4) is 0 Å². The minimum absolute atomic E-state index is 0.215. The molecule has 186 valence electrons. The molecule has 2 amide bonds. The van der Waals surface area contributed by atoms with Gasteiger partial charge in [-0.25, -0.2) is 23.4 Å². The van der Waals surface area contributed by atoms with E-state index in [1.54, 1.807) is 0 Å². The minimum Gasteiger partial charge on any atom is -0.305 e. The van der Waals surface area contributed by atoms with E-state index in [1.165, 1.54) is 6.20 Å². The normalized spacial score (nSPS) is 11.1. The van der Waals surface area contributed by atoms with Crippen molar-refractivity contribution in [3.05, 3.63) is 69.1 Å². The minimum atomic E-state index is -4.62. The number of hydrogen-bond acceptors (Lipinski definition) is 5. The largest absolute Gasteiger partial charge is 0.416 e. The number of isocyanates is 1. The molecule has 0 spiro atoms. The number of nitrogens with one attached hydrogen (secondary N) is 2. The topological polar surface area (TPSA) is 83.5 Å². The number of carbonyl (C=O) groups is 1. The number of urea groups is 1. The number of rotatable bonds is 3. The number of carbonyl (C=O) groups excluding carboxylic acids is 2. The lowest BCUT2D eigenvalue weighted by molar-refractivity contribution is -0.138. The molecule has 0 saturated heterocycles. The Morgan fingerprint density at radius 1 is 0.943 bits per heavy atom. The number of anilines is 2. The van der Waals surface area contributed by atoms with Crippen LogP contribution < -0.4 is 10.6 Å². The highest BCUT2D eigenvalue weighted by Gasteiger charge is 2.32. The number of alkyl halides is 6. The molecule has 6 nitrogen and oxygen atoms in total. The van der Waals surface area contributed by atoms with Gasteiger partial charge in [-0.15, -0.1) is 0 Å². The van der Waals surface area contributed by atoms with E-state index in [4.69, 9.17) is 0 Å². The van der Waals surface area contributed by atoms with Crippen molar-refractivity contribution < 1.29 is 44.7 Å². The third-order valence-corrected chi connectivity index (χ3v) is 5.07. The summed E-state index contributed by atoms with van der Waals surface area (Å²) in [5.74, 6) is -1.97. The Morgan fingerprint density at radius 3 is 2.03 bits per heavy atom. The molecule has 0 fully saturated rings. The van der Waals surface area contributed by atoms with Crippen LogP contribution in [0, 0.1) is 11.6 Å². The van der Waals surface area contributed by atoms with Crippen molar-refractivity contribution in [2.24, 2.45) is 4.99 Å². The summed E-state index contributed by atoms with van der Waals surface area (Å²) in [4.78, 5) is 27.9. The number of amides is 2. The van der Waals surface area contributed by atoms with Gasteiger partial charge in [-0.3, -0.25) is 5.32 Å². The first-order valence-electron chi connectivity index (χ1n) is 8.71. The van der Waals surface area contributed by atoms with Crippen LogP contribution in [0.2, 0.25) is 0 Å². The maximum atomic E-state index is 13.4. The molecule has 3 aromatic rings. The molecule has 0 aliphatic rings. The van der Waals surface area contributed by atoms with Gasteiger partial charge < -0.3 is 5.32 Å². The second-order valence-corrected chi connectivity index (χ2v) is 8.52. The van der Waals surface area contributed by atoms with E-state index >= 15 is 0 Å². The summed E-state index contributed by atoms with van der Waals surface area (Å²) in [5, 5.41) is 4.50. The maximum Gasteiger partial charge on any atom is 0.416 e. The maximum absolute atomic E-state index is 13.4. The Hall–Kier alpha value is -3.36. The van der Waals surface area contributed by atoms with Gasteiger partial charge in [0.05, 0.1) is 26.8 Å². The number of aromatic nitrogens is 1. The lowest BCUT2D eigenvalue weighted by atomic mass is 10.2. The molecular formula is C19H9BrF8N4O2S. The highest BCUT2D eigenvalue weighted by atomic mass is 79.9. The van der Waals surface area contributed by atoms with Crippen molar-refractivity contribution in [1.29, 1.82) is 0 Å². The molecule has 35 heavy (non-hydrogen) atoms. The number of halogens is 9. The number of hydrogen-bond donors (Lipinski definition) is 2. The molecular weight excluding hydrogens is 580 g/mol. The highest BCUT2D eigenvalue weighted by Crippen LogP contribution is 2.33. The summed E-state index contributed by atoms with van der Waals surface area (Å²) < 4.78 is 101. The van der Waals surface area contributed by atoms with E-state index in [9.17, 15) is 44.7 Å². The van der Waals surface area contributed by atoms with Gasteiger partial charge in [-0.05, 0) is 52.3 Å². The zero-order valence-corrected chi connectivity index (χ0v) is 19.0. The van der Waals surface area contributed by atoms with Gasteiger partial charge in [0.15, 0.2) is 5.13 Å². The molecule has 0 aliphatic heterocycles. The SMILES string of the molecule is O=C(Nc1ncc(Br)s1)Nc1cc(C(F)(F)F)ccc1F.O=C=Nc1cc(C(F)(F)F)ccc1F. The summed E-state index contributed by atoms with van der Waals surface area (Å²) in [6, 6.07) is 2.47. The van der Waals surface area contributed by atoms with Crippen molar-refractivity contribution in [1.82, 2.24) is 4.98 Å². The molecule has 2 N–H and O–H groups in total. The number of thiazole rings is 1. The summed E-state index contributed by atoms with van der Waals surface area (Å²) in [7, 11) is 0. The molecule has 1 aromatic heterocycles. The Kier molecular flexibility index (Phi) is 9.06. The van der Waals surface area contributed by atoms with Crippen molar-refractivity contribution in [2.45, 2.75) is 12.4 Å². The standard InChI is InChI=1S/C11H6BrF4N3OS.C8H3F4NO/c12-8-4-17-10(21-8)19-9(20)18-7-3-5(11(14,15)16)1-2-6(7)13;9-6-2-1-5(8(10,11)12)3-7(6)13-4-14/h1-4H,(H2,17,18,19,20);1-3H. The monoisotopic (exact) mass is 588 g/mol. The van der Waals surface area contributed by atoms with Crippen LogP contribution in [-0.4, -0.2) is 17.1 Å². The highest BCUT2D eigenvalue weighted by molar-refractivity contribution is 9.11. The molecule has 1 heterocycles. The zero-order chi connectivity index (χ0) is 26.4. The lowest BCUT2D eigenvalue weighted by Crippen LogP contribution is -2.20. The first-order chi connectivity index (χ1) is 16.2. The van der Waals surface area contributed by atoms with Crippen LogP contribution in [0.15, 0.2) is 51.4 Å². The molecule has 0 radical (unpaired) electrons. The van der Waals surface area contributed by atoms with Crippen LogP contribution in [-0.2, 0) is 17.1 Å². The van der Waals surface area contributed by atoms with Crippen LogP contribution in [0.25, 0.3) is 0 Å². The molecule has 0 unspecified atom stereocenters. The van der Waals surface area contributed by atoms with E-state index in [-0.39, 0.29) is 5.13 Å². The fourth-order valence-electron chi connectivity index (χ4n) is 2.18. The van der Waals surface area contributed by atoms with E-state index in [2.05, 4.69) is 31.2 Å². The Balaban J connectivity index is 0.000000269. The second-order valence-electron chi connectivity index (χ2n) is 6.11. The van der Waals surface area contributed by atoms with Gasteiger partial charge in [-0.2, -0.15) is 31.3 Å². The van der Waals surface area contributed by atoms with E-state index in [0.717, 1.165) is 17.4 Å². The van der Waals surface area contributed by atoms with E-state index < -0.39 is 52.5 Å². The van der Waals surface area contributed by atoms with Gasteiger partial charge in [0, 0.05) is 0 Å². The molecule has 16 heteroatoms. The third-order valence-electron chi connectivity index (χ3n) is 3.68. The summed E-state index contributed by atoms with van der Waals surface area (Å²) in [6.07, 6.45) is -6.80. The van der Waals surface area contributed by atoms with E-state index in [1.807, 2.05) is 5.32 Å². The zero-order valence-electron chi connectivity index (χ0n) is 16.6. The summed E-state index contributed by atoms with van der Waals surface area (Å²) >= 11 is 4.23. The van der Waals surface area contributed by atoms with Crippen LogP contribution in [0.4, 0.5) is 56.4 Å². The first-order valence-corrected chi connectivity index (χ1v) is 10.3. The average Bonchev–Trinajstić information content (AvgIpc) is 3.14. The van der Waals surface area contributed by atoms with Crippen molar-refractivity contribution in [2.75, 3.05) is 10.6 Å². The number of nitrogens with zero attached hydrogens (tertiary/aromatic N) is 2. The Morgan fingerprint density at radius 2 is 1.51 bits per heavy atom. The van der Waals surface area contributed by atoms with Gasteiger partial charge in [-0.1, -0.05) is 11.3 Å². The second kappa shape index (κ2) is 11.4. The molecule has 0 aliphatic carbocycles. The Labute approximate surface area is 202 Å². The smallest absolute Gasteiger partial charge is 0.305 e. The average molecular weight is 589 g/mol. The lowest BCUT2D eigenvalue weighted by Gasteiger charge is -2.10. The fourth-order valence-corrected chi connectivity index (χ4v) is 3.29. The molecule has 0 bridgehead atoms. The number of aliphatic imine (C=N–C) groups is 1. The molecule has 2 aromatic carbocycles. The predicted molar refractivity (Wildman–Crippen MR) is 113 cm³/mol. The van der Waals surface area contributed by atoms with Crippen LogP contribution in [0.5, 0.6) is 0 Å². The van der Waals surface area contributed by atoms with Crippen molar-refractivity contribution >= 4 is 55.9 Å². The van der Waals surface area contributed by atoms with E-state index in [0.29, 0.717) is 40.2 Å². The summed E-state index contributed by atoms with van der Waals surface area (Å²) in [5.41, 5.74) is -3.36. The fraction of sp³-hybridized carbons (Fsp3) is 0.105. The van der Waals surface area contributed by atoms with Crippen LogP contribution >= 0.6 is 27.3 Å². The van der Waals surface area contributed by atoms with Crippen molar-refractivity contribution in [3.63, 3.8) is 0 Å². The van der Waals surface area contributed by atoms with Gasteiger partial charge >= 0.3 is 18.4 Å². The summed E-state index contributed by atoms with van der Waals surface area (Å²) in [6.45, 7) is 0. The Bertz CT molecular complexity index is 1260. The quantitative estimate of drug-likeness (QED) is 0.188. The first kappa shape index (κ1) is 27.9. The van der Waals surface area contributed by atoms with Gasteiger partial charge in [0.25, 0.3) is 0 Å². The van der Waals surface area contributed by atoms with Gasteiger partial charge in [0.2, 0.25) is 6.08 Å². The third kappa shape index (κ3) is 8.42. The molecule has 0 saturated carbocycles. The predicted octanol–water partition coefficient (Wildman–Crippen LogP) is 7.52. The van der Waals surface area contributed by atoms with Crippen LogP contribution in [0.1, 0.15) is 11.1 Å². The van der Waals surface area contributed by atoms with Gasteiger partial charge in [0.1, 0.15) is 17.3 Å². The number of benzene rings is 2.